The highest BCUT2D eigenvalue weighted by atomic mass is 16.5. The first kappa shape index (κ1) is 19.8. The zero-order valence-electron chi connectivity index (χ0n) is 17.4. The Hall–Kier alpha value is -3.18. The van der Waals surface area contributed by atoms with Gasteiger partial charge in [-0.25, -0.2) is 4.79 Å². The molecule has 3 saturated heterocycles. The largest absolute Gasteiger partial charge is 0.507 e. The molecule has 158 valence electrons. The maximum absolute atomic E-state index is 13.1. The molecule has 0 spiro atoms. The highest BCUT2D eigenvalue weighted by Crippen LogP contribution is 2.43. The Morgan fingerprint density at radius 2 is 2.00 bits per heavy atom. The number of ether oxygens (including phenoxy) is 1. The normalized spacial score (nSPS) is 25.8. The highest BCUT2D eigenvalue weighted by Gasteiger charge is 2.44. The number of hydrogen-bond acceptors (Lipinski definition) is 5. The van der Waals surface area contributed by atoms with Gasteiger partial charge in [-0.05, 0) is 55.5 Å². The van der Waals surface area contributed by atoms with E-state index in [-0.39, 0.29) is 17.4 Å². The molecular formula is C26H26N2O3. The van der Waals surface area contributed by atoms with E-state index in [0.29, 0.717) is 11.8 Å². The third kappa shape index (κ3) is 3.59. The van der Waals surface area contributed by atoms with Gasteiger partial charge in [0.1, 0.15) is 17.4 Å². The molecule has 1 N–H and O–H groups in total. The van der Waals surface area contributed by atoms with E-state index in [2.05, 4.69) is 22.5 Å². The number of esters is 1. The third-order valence-electron chi connectivity index (χ3n) is 6.85. The van der Waals surface area contributed by atoms with Gasteiger partial charge in [0.25, 0.3) is 0 Å². The van der Waals surface area contributed by atoms with Gasteiger partial charge < -0.3 is 9.84 Å². The number of aromatic nitrogens is 1. The fourth-order valence-corrected chi connectivity index (χ4v) is 5.23. The number of rotatable bonds is 5. The predicted octanol–water partition coefficient (Wildman–Crippen LogP) is 4.73. The van der Waals surface area contributed by atoms with Crippen molar-refractivity contribution < 1.29 is 14.6 Å². The van der Waals surface area contributed by atoms with Crippen molar-refractivity contribution in [1.29, 1.82) is 0 Å². The van der Waals surface area contributed by atoms with E-state index in [0.717, 1.165) is 42.4 Å². The highest BCUT2D eigenvalue weighted by molar-refractivity contribution is 5.93. The summed E-state index contributed by atoms with van der Waals surface area (Å²) in [7, 11) is 0. The summed E-state index contributed by atoms with van der Waals surface area (Å²) in [6.45, 7) is 5.95. The van der Waals surface area contributed by atoms with Crippen LogP contribution in [0, 0.1) is 11.8 Å². The molecule has 4 heterocycles. The summed E-state index contributed by atoms with van der Waals surface area (Å²) in [4.78, 5) is 20.0. The van der Waals surface area contributed by atoms with Gasteiger partial charge in [0.2, 0.25) is 0 Å². The summed E-state index contributed by atoms with van der Waals surface area (Å²) in [5.74, 6) is 0.454. The summed E-state index contributed by atoms with van der Waals surface area (Å²) >= 11 is 0. The zero-order valence-corrected chi connectivity index (χ0v) is 17.4. The quantitative estimate of drug-likeness (QED) is 0.483. The molecule has 5 heteroatoms. The first-order valence-electron chi connectivity index (χ1n) is 10.8. The van der Waals surface area contributed by atoms with Crippen molar-refractivity contribution in [1.82, 2.24) is 9.88 Å². The van der Waals surface area contributed by atoms with E-state index in [1.54, 1.807) is 24.4 Å². The van der Waals surface area contributed by atoms with Crippen molar-refractivity contribution in [2.24, 2.45) is 11.8 Å². The summed E-state index contributed by atoms with van der Waals surface area (Å²) in [5.41, 5.74) is 2.02. The number of hydrogen-bond donors (Lipinski definition) is 1. The second kappa shape index (κ2) is 8.16. The third-order valence-corrected chi connectivity index (χ3v) is 6.85. The lowest BCUT2D eigenvalue weighted by Gasteiger charge is -2.51. The summed E-state index contributed by atoms with van der Waals surface area (Å²) in [6.07, 6.45) is 5.49. The van der Waals surface area contributed by atoms with Crippen LogP contribution in [0.25, 0.3) is 10.9 Å². The second-order valence-electron chi connectivity index (χ2n) is 8.51. The second-order valence-corrected chi connectivity index (χ2v) is 8.51. The van der Waals surface area contributed by atoms with Crippen molar-refractivity contribution in [3.63, 3.8) is 0 Å². The van der Waals surface area contributed by atoms with Gasteiger partial charge in [0.05, 0.1) is 11.6 Å². The number of aromatic hydroxyl groups is 1. The van der Waals surface area contributed by atoms with Crippen LogP contribution < -0.4 is 0 Å². The Labute approximate surface area is 182 Å². The number of fused-ring (bicyclic) bond motifs is 4. The van der Waals surface area contributed by atoms with Gasteiger partial charge in [-0.1, -0.05) is 36.4 Å². The summed E-state index contributed by atoms with van der Waals surface area (Å²) < 4.78 is 6.18. The van der Waals surface area contributed by atoms with Crippen LogP contribution in [0.3, 0.4) is 0 Å². The van der Waals surface area contributed by atoms with E-state index in [4.69, 9.17) is 4.74 Å². The first-order chi connectivity index (χ1) is 15.2. The SMILES string of the molecule is C=CC1CN2CCC1CC2C(OC(=O)c1ccccc1O)c1ccnc2ccccc12. The van der Waals surface area contributed by atoms with E-state index in [9.17, 15) is 9.90 Å². The van der Waals surface area contributed by atoms with Crippen LogP contribution in [0.4, 0.5) is 0 Å². The van der Waals surface area contributed by atoms with Crippen molar-refractivity contribution in [2.75, 3.05) is 13.1 Å². The zero-order chi connectivity index (χ0) is 21.4. The van der Waals surface area contributed by atoms with Gasteiger partial charge in [0.15, 0.2) is 0 Å². The molecule has 0 radical (unpaired) electrons. The van der Waals surface area contributed by atoms with E-state index >= 15 is 0 Å². The average Bonchev–Trinajstić information content (AvgIpc) is 2.82. The number of phenols is 1. The minimum absolute atomic E-state index is 0.0666. The molecule has 2 bridgehead atoms. The molecular weight excluding hydrogens is 388 g/mol. The van der Waals surface area contributed by atoms with Crippen LogP contribution in [-0.2, 0) is 4.74 Å². The van der Waals surface area contributed by atoms with Crippen LogP contribution >= 0.6 is 0 Å². The molecule has 3 fully saturated rings. The van der Waals surface area contributed by atoms with Crippen molar-refractivity contribution in [3.05, 3.63) is 84.6 Å². The molecule has 2 aromatic carbocycles. The number of pyridine rings is 1. The molecule has 1 aromatic heterocycles. The molecule has 3 aliphatic heterocycles. The first-order valence-corrected chi connectivity index (χ1v) is 10.8. The maximum Gasteiger partial charge on any atom is 0.342 e. The predicted molar refractivity (Wildman–Crippen MR) is 120 cm³/mol. The van der Waals surface area contributed by atoms with E-state index in [1.807, 2.05) is 30.3 Å². The fourth-order valence-electron chi connectivity index (χ4n) is 5.23. The lowest BCUT2D eigenvalue weighted by atomic mass is 9.73. The lowest BCUT2D eigenvalue weighted by Crippen LogP contribution is -2.55. The molecule has 6 rings (SSSR count). The topological polar surface area (TPSA) is 62.7 Å². The monoisotopic (exact) mass is 414 g/mol. The van der Waals surface area contributed by atoms with E-state index in [1.165, 1.54) is 6.07 Å². The number of carbonyl (C=O) groups excluding carboxylic acids is 1. The summed E-state index contributed by atoms with van der Waals surface area (Å²) in [6, 6.07) is 16.5. The van der Waals surface area contributed by atoms with Crippen molar-refractivity contribution in [3.8, 4) is 5.75 Å². The fraction of sp³-hybridized carbons (Fsp3) is 0.308. The van der Waals surface area contributed by atoms with Gasteiger partial charge in [-0.15, -0.1) is 6.58 Å². The van der Waals surface area contributed by atoms with Gasteiger partial charge in [0, 0.05) is 23.7 Å². The number of phenolic OH excluding ortho intramolecular Hbond substituents is 1. The standard InChI is InChI=1S/C26H26N2O3/c1-2-17-16-28-14-12-18(17)15-23(28)25(31-26(30)21-8-4-6-10-24(21)29)20-11-13-27-22-9-5-3-7-19(20)22/h2-11,13,17-18,23,25,29H,1,12,14-16H2. The minimum Gasteiger partial charge on any atom is -0.507 e. The molecule has 31 heavy (non-hydrogen) atoms. The van der Waals surface area contributed by atoms with Crippen molar-refractivity contribution >= 4 is 16.9 Å². The van der Waals surface area contributed by atoms with E-state index < -0.39 is 12.1 Å². The molecule has 5 atom stereocenters. The number of para-hydroxylation sites is 2. The number of nitrogens with zero attached hydrogens (tertiary/aromatic N) is 2. The molecule has 3 aromatic rings. The number of piperidine rings is 3. The molecule has 5 nitrogen and oxygen atoms in total. The molecule has 0 amide bonds. The minimum atomic E-state index is -0.507. The Morgan fingerprint density at radius 1 is 1.19 bits per heavy atom. The molecule has 3 aliphatic rings. The smallest absolute Gasteiger partial charge is 0.342 e. The van der Waals surface area contributed by atoms with Crippen LogP contribution in [-0.4, -0.2) is 40.1 Å². The Morgan fingerprint density at radius 3 is 2.77 bits per heavy atom. The maximum atomic E-state index is 13.1. The van der Waals surface area contributed by atoms with Crippen LogP contribution in [0.15, 0.2) is 73.4 Å². The Kier molecular flexibility index (Phi) is 5.20. The number of carbonyl (C=O) groups is 1. The van der Waals surface area contributed by atoms with Crippen LogP contribution in [0.1, 0.15) is 34.9 Å². The molecule has 0 saturated carbocycles. The Bertz CT molecular complexity index is 1120. The van der Waals surface area contributed by atoms with Gasteiger partial charge in [-0.3, -0.25) is 9.88 Å². The molecule has 5 unspecified atom stereocenters. The Balaban J connectivity index is 1.55. The van der Waals surface area contributed by atoms with Crippen LogP contribution in [0.2, 0.25) is 0 Å². The summed E-state index contributed by atoms with van der Waals surface area (Å²) in [5, 5.41) is 11.2. The number of benzene rings is 2. The average molecular weight is 415 g/mol. The van der Waals surface area contributed by atoms with Gasteiger partial charge in [-0.2, -0.15) is 0 Å². The van der Waals surface area contributed by atoms with Gasteiger partial charge >= 0.3 is 5.97 Å². The van der Waals surface area contributed by atoms with Crippen LogP contribution in [0.5, 0.6) is 5.75 Å². The molecule has 0 aliphatic carbocycles. The lowest BCUT2D eigenvalue weighted by molar-refractivity contribution is -0.0568. The van der Waals surface area contributed by atoms with Crippen molar-refractivity contribution in [2.45, 2.75) is 25.0 Å².